The first-order chi connectivity index (χ1) is 15.9. The molecule has 2 aliphatic heterocycles. The highest BCUT2D eigenvalue weighted by Crippen LogP contribution is 2.69. The Labute approximate surface area is 198 Å². The molecule has 2 heteroatoms. The van der Waals surface area contributed by atoms with Crippen molar-refractivity contribution in [2.45, 2.75) is 81.5 Å². The van der Waals surface area contributed by atoms with Crippen molar-refractivity contribution < 1.29 is 4.74 Å². The highest BCUT2D eigenvalue weighted by atomic mass is 16.5. The van der Waals surface area contributed by atoms with E-state index in [0.717, 1.165) is 0 Å². The second-order valence-electron chi connectivity index (χ2n) is 12.2. The standard InChI is InChI=1S/C31H37NO/c1-29-15-14-25-19-24-10-11-26(32(2)3)20-30(24)16-17-31(25,33-30)28(29)13-12-27(29)23-9-8-21-6-4-5-7-22(21)18-23/h4-9,14,18-19,26-28H,10-13,15-17,20H2,1-3H3/t26-,27-,28-,29-,30?,31-/m1/s1. The van der Waals surface area contributed by atoms with Gasteiger partial charge in [-0.05, 0) is 110 Å². The largest absolute Gasteiger partial charge is 0.359 e. The summed E-state index contributed by atoms with van der Waals surface area (Å²) < 4.78 is 7.43. The van der Waals surface area contributed by atoms with E-state index < -0.39 is 0 Å². The fourth-order valence-corrected chi connectivity index (χ4v) is 8.80. The van der Waals surface area contributed by atoms with E-state index in [1.807, 2.05) is 0 Å². The highest BCUT2D eigenvalue weighted by molar-refractivity contribution is 5.83. The lowest BCUT2D eigenvalue weighted by molar-refractivity contribution is -0.139. The first-order valence-electron chi connectivity index (χ1n) is 13.2. The number of benzene rings is 2. The van der Waals surface area contributed by atoms with Crippen molar-refractivity contribution in [2.24, 2.45) is 11.3 Å². The van der Waals surface area contributed by atoms with Gasteiger partial charge in [-0.3, -0.25) is 0 Å². The molecule has 172 valence electrons. The zero-order chi connectivity index (χ0) is 22.4. The minimum Gasteiger partial charge on any atom is -0.359 e. The molecule has 0 amide bonds. The van der Waals surface area contributed by atoms with Crippen molar-refractivity contribution in [3.8, 4) is 0 Å². The number of rotatable bonds is 2. The van der Waals surface area contributed by atoms with Gasteiger partial charge in [0.15, 0.2) is 0 Å². The van der Waals surface area contributed by atoms with Crippen LogP contribution < -0.4 is 0 Å². The molecule has 5 aliphatic rings. The van der Waals surface area contributed by atoms with E-state index in [0.29, 0.717) is 17.9 Å². The molecule has 6 atom stereocenters. The Bertz CT molecular complexity index is 1190. The van der Waals surface area contributed by atoms with Crippen LogP contribution in [0.1, 0.15) is 69.8 Å². The molecule has 0 N–H and O–H groups in total. The van der Waals surface area contributed by atoms with Gasteiger partial charge < -0.3 is 9.64 Å². The number of hydrogen-bond donors (Lipinski definition) is 0. The smallest absolute Gasteiger partial charge is 0.0974 e. The van der Waals surface area contributed by atoms with E-state index in [-0.39, 0.29) is 16.6 Å². The number of ether oxygens (including phenoxy) is 1. The molecule has 2 heterocycles. The molecule has 3 aliphatic carbocycles. The van der Waals surface area contributed by atoms with Crippen LogP contribution in [0.5, 0.6) is 0 Å². The summed E-state index contributed by atoms with van der Waals surface area (Å²) in [5.41, 5.74) is 4.92. The van der Waals surface area contributed by atoms with Crippen LogP contribution in [0, 0.1) is 11.3 Å². The van der Waals surface area contributed by atoms with Gasteiger partial charge in [-0.1, -0.05) is 61.5 Å². The van der Waals surface area contributed by atoms with Gasteiger partial charge in [-0.2, -0.15) is 0 Å². The summed E-state index contributed by atoms with van der Waals surface area (Å²) in [6.45, 7) is 2.59. The van der Waals surface area contributed by atoms with Gasteiger partial charge in [0.1, 0.15) is 0 Å². The first kappa shape index (κ1) is 20.5. The fourth-order valence-electron chi connectivity index (χ4n) is 8.80. The third kappa shape index (κ3) is 2.68. The second-order valence-corrected chi connectivity index (χ2v) is 12.2. The van der Waals surface area contributed by atoms with Crippen molar-refractivity contribution in [3.05, 3.63) is 71.3 Å². The topological polar surface area (TPSA) is 12.5 Å². The Kier molecular flexibility index (Phi) is 4.24. The maximum atomic E-state index is 7.43. The fraction of sp³-hybridized carbons (Fsp3) is 0.548. The lowest BCUT2D eigenvalue weighted by Crippen LogP contribution is -2.55. The van der Waals surface area contributed by atoms with Gasteiger partial charge in [0.2, 0.25) is 0 Å². The van der Waals surface area contributed by atoms with Crippen LogP contribution >= 0.6 is 0 Å². The van der Waals surface area contributed by atoms with E-state index in [1.54, 1.807) is 5.57 Å². The monoisotopic (exact) mass is 439 g/mol. The quantitative estimate of drug-likeness (QED) is 0.499. The summed E-state index contributed by atoms with van der Waals surface area (Å²) in [6, 6.07) is 16.7. The minimum atomic E-state index is -0.0453. The van der Waals surface area contributed by atoms with Crippen LogP contribution in [0.2, 0.25) is 0 Å². The molecule has 7 rings (SSSR count). The zero-order valence-electron chi connectivity index (χ0n) is 20.4. The molecule has 2 nitrogen and oxygen atoms in total. The summed E-state index contributed by atoms with van der Waals surface area (Å²) in [5, 5.41) is 2.73. The van der Waals surface area contributed by atoms with Crippen molar-refractivity contribution >= 4 is 10.8 Å². The Balaban J connectivity index is 1.28. The zero-order valence-corrected chi connectivity index (χ0v) is 20.4. The van der Waals surface area contributed by atoms with E-state index in [4.69, 9.17) is 4.74 Å². The summed E-state index contributed by atoms with van der Waals surface area (Å²) in [6.07, 6.45) is 15.1. The van der Waals surface area contributed by atoms with Crippen molar-refractivity contribution in [2.75, 3.05) is 14.1 Å². The van der Waals surface area contributed by atoms with Crippen molar-refractivity contribution in [3.63, 3.8) is 0 Å². The third-order valence-electron chi connectivity index (χ3n) is 10.6. The molecular formula is C31H37NO. The number of nitrogens with zero attached hydrogens (tertiary/aromatic N) is 1. The van der Waals surface area contributed by atoms with E-state index in [2.05, 4.69) is 80.5 Å². The lowest BCUT2D eigenvalue weighted by atomic mass is 9.58. The van der Waals surface area contributed by atoms with E-state index >= 15 is 0 Å². The minimum absolute atomic E-state index is 0.00378. The normalized spacial score (nSPS) is 41.4. The summed E-state index contributed by atoms with van der Waals surface area (Å²) in [5.74, 6) is 1.24. The van der Waals surface area contributed by atoms with Crippen molar-refractivity contribution in [1.82, 2.24) is 4.90 Å². The number of allylic oxidation sites excluding steroid dienone is 1. The van der Waals surface area contributed by atoms with Crippen LogP contribution in [0.4, 0.5) is 0 Å². The van der Waals surface area contributed by atoms with E-state index in [9.17, 15) is 0 Å². The summed E-state index contributed by atoms with van der Waals surface area (Å²) in [7, 11) is 4.50. The molecule has 0 radical (unpaired) electrons. The SMILES string of the molecule is CN(C)[C@@H]1CCC2=CC3=CC[C@]4(C)[C@@H](c5ccc6ccccc6c5)CC[C@H]4[C@@]34CCC2(C1)O4. The number of hydrogen-bond acceptors (Lipinski definition) is 2. The molecule has 2 saturated carbocycles. The summed E-state index contributed by atoms with van der Waals surface area (Å²) in [4.78, 5) is 2.43. The predicted molar refractivity (Wildman–Crippen MR) is 135 cm³/mol. The van der Waals surface area contributed by atoms with Crippen LogP contribution in [0.3, 0.4) is 0 Å². The molecule has 0 aromatic heterocycles. The molecular weight excluding hydrogens is 402 g/mol. The van der Waals surface area contributed by atoms with Crippen LogP contribution in [0.15, 0.2) is 65.8 Å². The van der Waals surface area contributed by atoms with Crippen LogP contribution in [-0.2, 0) is 4.74 Å². The van der Waals surface area contributed by atoms with Gasteiger partial charge in [-0.15, -0.1) is 0 Å². The van der Waals surface area contributed by atoms with Gasteiger partial charge in [-0.25, -0.2) is 0 Å². The summed E-state index contributed by atoms with van der Waals surface area (Å²) >= 11 is 0. The Morgan fingerprint density at radius 1 is 0.970 bits per heavy atom. The predicted octanol–water partition coefficient (Wildman–Crippen LogP) is 7.01. The molecule has 2 aromatic rings. The molecule has 2 bridgehead atoms. The van der Waals surface area contributed by atoms with Gasteiger partial charge in [0, 0.05) is 6.04 Å². The Morgan fingerprint density at radius 3 is 2.67 bits per heavy atom. The molecule has 2 aromatic carbocycles. The maximum Gasteiger partial charge on any atom is 0.0974 e. The Hall–Kier alpha value is -1.90. The van der Waals surface area contributed by atoms with Gasteiger partial charge in [0.05, 0.1) is 11.2 Å². The second kappa shape index (κ2) is 6.83. The Morgan fingerprint density at radius 2 is 1.82 bits per heavy atom. The average molecular weight is 440 g/mol. The first-order valence-corrected chi connectivity index (χ1v) is 13.2. The third-order valence-corrected chi connectivity index (χ3v) is 10.6. The van der Waals surface area contributed by atoms with Gasteiger partial charge >= 0.3 is 0 Å². The maximum absolute atomic E-state index is 7.43. The highest BCUT2D eigenvalue weighted by Gasteiger charge is 2.66. The van der Waals surface area contributed by atoms with Crippen molar-refractivity contribution in [1.29, 1.82) is 0 Å². The molecule has 3 fully saturated rings. The van der Waals surface area contributed by atoms with Crippen LogP contribution in [-0.4, -0.2) is 36.2 Å². The number of fused-ring (bicyclic) bond motifs is 2. The molecule has 1 unspecified atom stereocenters. The molecule has 33 heavy (non-hydrogen) atoms. The van der Waals surface area contributed by atoms with Crippen LogP contribution in [0.25, 0.3) is 10.8 Å². The molecule has 1 saturated heterocycles. The molecule has 2 spiro atoms. The van der Waals surface area contributed by atoms with E-state index in [1.165, 1.54) is 73.3 Å². The average Bonchev–Trinajstić information content (AvgIpc) is 3.33. The van der Waals surface area contributed by atoms with Gasteiger partial charge in [0.25, 0.3) is 0 Å². The lowest BCUT2D eigenvalue weighted by Gasteiger charge is -2.54.